The lowest BCUT2D eigenvalue weighted by Gasteiger charge is -2.26. The lowest BCUT2D eigenvalue weighted by atomic mass is 9.93. The molecule has 4 heteroatoms. The summed E-state index contributed by atoms with van der Waals surface area (Å²) in [6.45, 7) is 1.96. The van der Waals surface area contributed by atoms with Crippen LogP contribution in [0, 0.1) is 6.92 Å². The number of carbonyl (C=O) groups excluding carboxylic acids is 1. The van der Waals surface area contributed by atoms with Crippen LogP contribution >= 0.6 is 11.3 Å². The summed E-state index contributed by atoms with van der Waals surface area (Å²) in [6.07, 6.45) is 3.53. The number of aryl methyl sites for hydroxylation is 1. The topological polar surface area (TPSA) is 38.3 Å². The number of esters is 1. The second kappa shape index (κ2) is 5.90. The minimum atomic E-state index is -0.281. The third kappa shape index (κ3) is 2.68. The van der Waals surface area contributed by atoms with Crippen molar-refractivity contribution in [1.82, 2.24) is 0 Å². The molecule has 1 aliphatic rings. The zero-order valence-corrected chi connectivity index (χ0v) is 13.1. The molecule has 2 aromatic rings. The van der Waals surface area contributed by atoms with Gasteiger partial charge in [0.15, 0.2) is 0 Å². The number of hydrogen-bond donors (Lipinski definition) is 1. The third-order valence-electron chi connectivity index (χ3n) is 4.12. The smallest absolute Gasteiger partial charge is 0.338 e. The van der Waals surface area contributed by atoms with Gasteiger partial charge >= 0.3 is 5.97 Å². The van der Waals surface area contributed by atoms with Gasteiger partial charge in [-0.1, -0.05) is 6.07 Å². The van der Waals surface area contributed by atoms with Crippen LogP contribution in [0.4, 0.5) is 5.69 Å². The van der Waals surface area contributed by atoms with Gasteiger partial charge in [0.25, 0.3) is 0 Å². The highest BCUT2D eigenvalue weighted by Gasteiger charge is 2.22. The van der Waals surface area contributed by atoms with Crippen LogP contribution in [-0.4, -0.2) is 13.1 Å². The Labute approximate surface area is 129 Å². The lowest BCUT2D eigenvalue weighted by molar-refractivity contribution is 0.0600. The second-order valence-corrected chi connectivity index (χ2v) is 6.36. The Morgan fingerprint density at radius 2 is 2.24 bits per heavy atom. The number of benzene rings is 1. The molecule has 3 rings (SSSR count). The number of carbonyl (C=O) groups is 1. The van der Waals surface area contributed by atoms with E-state index in [0.29, 0.717) is 11.6 Å². The van der Waals surface area contributed by atoms with Crippen LogP contribution < -0.4 is 5.32 Å². The molecule has 0 saturated carbocycles. The zero-order chi connectivity index (χ0) is 14.8. The molecule has 0 amide bonds. The fraction of sp³-hybridized carbons (Fsp3) is 0.353. The van der Waals surface area contributed by atoms with Gasteiger partial charge in [-0.15, -0.1) is 11.3 Å². The summed E-state index contributed by atoms with van der Waals surface area (Å²) in [5, 5.41) is 5.78. The molecule has 1 atom stereocenters. The summed E-state index contributed by atoms with van der Waals surface area (Å²) in [5.41, 5.74) is 4.01. The molecular formula is C17H19NO2S. The van der Waals surface area contributed by atoms with E-state index in [-0.39, 0.29) is 5.97 Å². The van der Waals surface area contributed by atoms with Crippen molar-refractivity contribution in [1.29, 1.82) is 0 Å². The highest BCUT2D eigenvalue weighted by Crippen LogP contribution is 2.36. The molecule has 1 unspecified atom stereocenters. The maximum Gasteiger partial charge on any atom is 0.338 e. The summed E-state index contributed by atoms with van der Waals surface area (Å²) in [4.78, 5) is 13.3. The summed E-state index contributed by atoms with van der Waals surface area (Å²) < 4.78 is 4.84. The van der Waals surface area contributed by atoms with Crippen molar-refractivity contribution in [3.05, 3.63) is 51.2 Å². The number of rotatable bonds is 3. The zero-order valence-electron chi connectivity index (χ0n) is 12.3. The van der Waals surface area contributed by atoms with E-state index in [0.717, 1.165) is 17.7 Å². The molecule has 0 bridgehead atoms. The Balaban J connectivity index is 1.88. The number of ether oxygens (including phenoxy) is 1. The second-order valence-electron chi connectivity index (χ2n) is 5.36. The van der Waals surface area contributed by atoms with Crippen molar-refractivity contribution < 1.29 is 9.53 Å². The first-order valence-corrected chi connectivity index (χ1v) is 8.09. The Hall–Kier alpha value is -1.81. The van der Waals surface area contributed by atoms with Gasteiger partial charge in [-0.25, -0.2) is 4.79 Å². The first kappa shape index (κ1) is 14.1. The molecule has 1 aromatic carbocycles. The highest BCUT2D eigenvalue weighted by molar-refractivity contribution is 7.10. The Morgan fingerprint density at radius 1 is 1.38 bits per heavy atom. The van der Waals surface area contributed by atoms with E-state index in [1.54, 1.807) is 0 Å². The van der Waals surface area contributed by atoms with Crippen LogP contribution in [0.25, 0.3) is 0 Å². The van der Waals surface area contributed by atoms with Crippen LogP contribution in [0.2, 0.25) is 0 Å². The van der Waals surface area contributed by atoms with Crippen LogP contribution in [-0.2, 0) is 11.2 Å². The largest absolute Gasteiger partial charge is 0.465 e. The van der Waals surface area contributed by atoms with Crippen LogP contribution in [0.1, 0.15) is 45.2 Å². The maximum atomic E-state index is 11.8. The Kier molecular flexibility index (Phi) is 3.97. The van der Waals surface area contributed by atoms with Crippen molar-refractivity contribution in [2.24, 2.45) is 0 Å². The number of anilines is 1. The van der Waals surface area contributed by atoms with E-state index in [2.05, 4.69) is 16.8 Å². The molecule has 0 aliphatic heterocycles. The quantitative estimate of drug-likeness (QED) is 0.857. The average molecular weight is 301 g/mol. The minimum absolute atomic E-state index is 0.281. The van der Waals surface area contributed by atoms with Crippen molar-refractivity contribution in [3.63, 3.8) is 0 Å². The summed E-state index contributed by atoms with van der Waals surface area (Å²) in [7, 11) is 1.42. The monoisotopic (exact) mass is 301 g/mol. The van der Waals surface area contributed by atoms with E-state index >= 15 is 0 Å². The molecule has 1 heterocycles. The molecule has 110 valence electrons. The normalized spacial score (nSPS) is 17.1. The van der Waals surface area contributed by atoms with Gasteiger partial charge in [-0.05, 0) is 60.9 Å². The number of methoxy groups -OCH3 is 1. The van der Waals surface area contributed by atoms with Crippen molar-refractivity contribution in [2.45, 2.75) is 32.2 Å². The van der Waals surface area contributed by atoms with Gasteiger partial charge < -0.3 is 10.1 Å². The van der Waals surface area contributed by atoms with E-state index in [9.17, 15) is 4.79 Å². The van der Waals surface area contributed by atoms with E-state index in [1.807, 2.05) is 36.5 Å². The van der Waals surface area contributed by atoms with Gasteiger partial charge in [-0.2, -0.15) is 0 Å². The molecule has 0 radical (unpaired) electrons. The first-order valence-electron chi connectivity index (χ1n) is 7.21. The predicted octanol–water partition coefficient (Wildman–Crippen LogP) is 4.33. The minimum Gasteiger partial charge on any atom is -0.465 e. The molecule has 0 spiro atoms. The van der Waals surface area contributed by atoms with Crippen LogP contribution in [0.5, 0.6) is 0 Å². The molecule has 21 heavy (non-hydrogen) atoms. The average Bonchev–Trinajstić information content (AvgIpc) is 2.98. The molecule has 3 nitrogen and oxygen atoms in total. The number of fused-ring (bicyclic) bond motifs is 1. The molecule has 0 fully saturated rings. The van der Waals surface area contributed by atoms with Gasteiger partial charge in [0, 0.05) is 10.6 Å². The molecule has 1 aromatic heterocycles. The fourth-order valence-electron chi connectivity index (χ4n) is 2.95. The number of hydrogen-bond acceptors (Lipinski definition) is 4. The maximum absolute atomic E-state index is 11.8. The van der Waals surface area contributed by atoms with Crippen LogP contribution in [0.3, 0.4) is 0 Å². The molecule has 1 N–H and O–H groups in total. The number of thiophene rings is 1. The molecular weight excluding hydrogens is 282 g/mol. The van der Waals surface area contributed by atoms with E-state index in [4.69, 9.17) is 4.74 Å². The van der Waals surface area contributed by atoms with Gasteiger partial charge in [-0.3, -0.25) is 0 Å². The Bertz CT molecular complexity index is 663. The first-order chi connectivity index (χ1) is 10.2. The fourth-order valence-corrected chi connectivity index (χ4v) is 3.93. The Morgan fingerprint density at radius 3 is 3.05 bits per heavy atom. The van der Waals surface area contributed by atoms with Crippen LogP contribution in [0.15, 0.2) is 29.6 Å². The number of nitrogens with one attached hydrogen (secondary N) is 1. The predicted molar refractivity (Wildman–Crippen MR) is 86.1 cm³/mol. The van der Waals surface area contributed by atoms with E-state index in [1.165, 1.54) is 30.4 Å². The summed E-state index contributed by atoms with van der Waals surface area (Å²) in [5.74, 6) is -0.281. The van der Waals surface area contributed by atoms with Gasteiger partial charge in [0.2, 0.25) is 0 Å². The van der Waals surface area contributed by atoms with Crippen molar-refractivity contribution in [2.75, 3.05) is 12.4 Å². The molecule has 0 saturated heterocycles. The third-order valence-corrected chi connectivity index (χ3v) is 5.12. The molecule has 1 aliphatic carbocycles. The summed E-state index contributed by atoms with van der Waals surface area (Å²) in [6, 6.07) is 8.30. The van der Waals surface area contributed by atoms with Gasteiger partial charge in [0.1, 0.15) is 0 Å². The SMILES string of the molecule is COC(=O)c1cccc(NC2CCCc3sccc32)c1C. The van der Waals surface area contributed by atoms with E-state index < -0.39 is 0 Å². The summed E-state index contributed by atoms with van der Waals surface area (Å²) >= 11 is 1.84. The van der Waals surface area contributed by atoms with Gasteiger partial charge in [0.05, 0.1) is 18.7 Å². The highest BCUT2D eigenvalue weighted by atomic mass is 32.1. The lowest BCUT2D eigenvalue weighted by Crippen LogP contribution is -2.17. The van der Waals surface area contributed by atoms with Crippen molar-refractivity contribution >= 4 is 23.0 Å². The van der Waals surface area contributed by atoms with Crippen molar-refractivity contribution in [3.8, 4) is 0 Å². The standard InChI is InChI=1S/C17H19NO2S/c1-11-12(17(19)20-2)5-3-6-14(11)18-15-7-4-8-16-13(15)9-10-21-16/h3,5-6,9-10,15,18H,4,7-8H2,1-2H3.